The van der Waals surface area contributed by atoms with E-state index in [4.69, 9.17) is 0 Å². The van der Waals surface area contributed by atoms with E-state index >= 15 is 0 Å². The third kappa shape index (κ3) is 2.98. The van der Waals surface area contributed by atoms with Gasteiger partial charge in [-0.2, -0.15) is 17.7 Å². The van der Waals surface area contributed by atoms with Crippen LogP contribution >= 0.6 is 11.3 Å². The average Bonchev–Trinajstić information content (AvgIpc) is 3.30. The van der Waals surface area contributed by atoms with Crippen LogP contribution < -0.4 is 4.90 Å². The zero-order valence-electron chi connectivity index (χ0n) is 13.3. The molecule has 3 aromatic rings. The maximum absolute atomic E-state index is 13.0. The topological polar surface area (TPSA) is 66.6 Å². The lowest BCUT2D eigenvalue weighted by molar-refractivity contribution is -0.146. The number of piperazine rings is 1. The third-order valence-electron chi connectivity index (χ3n) is 4.13. The second kappa shape index (κ2) is 6.24. The molecule has 0 atom stereocenters. The summed E-state index contributed by atoms with van der Waals surface area (Å²) in [5.74, 6) is -0.784. The number of hydrogen-bond donors (Lipinski definition) is 0. The minimum atomic E-state index is -4.63. The maximum Gasteiger partial charge on any atom is 0.453 e. The van der Waals surface area contributed by atoms with Gasteiger partial charge in [0.1, 0.15) is 5.82 Å². The molecule has 7 nitrogen and oxygen atoms in total. The van der Waals surface area contributed by atoms with Crippen molar-refractivity contribution in [1.82, 2.24) is 24.7 Å². The molecule has 0 N–H and O–H groups in total. The lowest BCUT2D eigenvalue weighted by Gasteiger charge is -2.35. The summed E-state index contributed by atoms with van der Waals surface area (Å²) < 4.78 is 39.6. The van der Waals surface area contributed by atoms with E-state index in [1.165, 1.54) is 17.4 Å². The SMILES string of the molecule is O=C(c1cccs1)N1CCN(c2ccc3nnc(C(F)(F)F)n3n2)CC1. The monoisotopic (exact) mass is 382 g/mol. The second-order valence-corrected chi connectivity index (χ2v) is 6.69. The maximum atomic E-state index is 13.0. The van der Waals surface area contributed by atoms with Crippen molar-refractivity contribution in [3.8, 4) is 0 Å². The summed E-state index contributed by atoms with van der Waals surface area (Å²) in [6.07, 6.45) is -4.63. The minimum absolute atomic E-state index is 0.0266. The van der Waals surface area contributed by atoms with Gasteiger partial charge in [0.2, 0.25) is 0 Å². The summed E-state index contributed by atoms with van der Waals surface area (Å²) in [5.41, 5.74) is 0.0348. The van der Waals surface area contributed by atoms with Gasteiger partial charge >= 0.3 is 6.18 Å². The van der Waals surface area contributed by atoms with E-state index in [1.54, 1.807) is 17.0 Å². The molecule has 0 saturated carbocycles. The molecule has 1 aliphatic rings. The van der Waals surface area contributed by atoms with E-state index in [0.717, 1.165) is 0 Å². The first-order valence-corrected chi connectivity index (χ1v) is 8.69. The Kier molecular flexibility index (Phi) is 4.02. The molecule has 11 heteroatoms. The molecular weight excluding hydrogens is 369 g/mol. The standard InChI is InChI=1S/C15H13F3N6OS/c16-15(17,18)14-20-19-11-3-4-12(21-24(11)14)22-5-7-23(8-6-22)13(25)10-2-1-9-26-10/h1-4,9H,5-8H2. The number of aromatic nitrogens is 4. The molecule has 0 radical (unpaired) electrons. The Morgan fingerprint density at radius 2 is 1.85 bits per heavy atom. The van der Waals surface area contributed by atoms with Crippen molar-refractivity contribution in [3.63, 3.8) is 0 Å². The van der Waals surface area contributed by atoms with Crippen LogP contribution in [0.4, 0.5) is 19.0 Å². The Morgan fingerprint density at radius 3 is 2.50 bits per heavy atom. The van der Waals surface area contributed by atoms with Crippen molar-refractivity contribution < 1.29 is 18.0 Å². The number of halogens is 3. The van der Waals surface area contributed by atoms with Crippen molar-refractivity contribution in [3.05, 3.63) is 40.3 Å². The number of carbonyl (C=O) groups excluding carboxylic acids is 1. The van der Waals surface area contributed by atoms with E-state index in [1.807, 2.05) is 16.3 Å². The Morgan fingerprint density at radius 1 is 1.08 bits per heavy atom. The van der Waals surface area contributed by atoms with Crippen LogP contribution in [0.3, 0.4) is 0 Å². The van der Waals surface area contributed by atoms with Crippen molar-refractivity contribution in [2.75, 3.05) is 31.1 Å². The highest BCUT2D eigenvalue weighted by Crippen LogP contribution is 2.28. The molecule has 4 rings (SSSR count). The highest BCUT2D eigenvalue weighted by atomic mass is 32.1. The Bertz CT molecular complexity index is 931. The fourth-order valence-electron chi connectivity index (χ4n) is 2.82. The van der Waals surface area contributed by atoms with Gasteiger partial charge in [-0.25, -0.2) is 0 Å². The van der Waals surface area contributed by atoms with Crippen LogP contribution in [0.15, 0.2) is 29.6 Å². The summed E-state index contributed by atoms with van der Waals surface area (Å²) >= 11 is 1.39. The highest BCUT2D eigenvalue weighted by Gasteiger charge is 2.38. The summed E-state index contributed by atoms with van der Waals surface area (Å²) in [5, 5.41) is 12.6. The van der Waals surface area contributed by atoms with Gasteiger partial charge in [-0.1, -0.05) is 6.07 Å². The number of carbonyl (C=O) groups is 1. The zero-order chi connectivity index (χ0) is 18.3. The molecule has 1 aliphatic heterocycles. The highest BCUT2D eigenvalue weighted by molar-refractivity contribution is 7.12. The molecular formula is C15H13F3N6OS. The molecule has 1 amide bonds. The van der Waals surface area contributed by atoms with Gasteiger partial charge in [-0.05, 0) is 23.6 Å². The number of anilines is 1. The van der Waals surface area contributed by atoms with Gasteiger partial charge in [0.25, 0.3) is 11.7 Å². The fraction of sp³-hybridized carbons (Fsp3) is 0.333. The normalized spacial score (nSPS) is 15.7. The Labute approximate surface area is 149 Å². The zero-order valence-corrected chi connectivity index (χ0v) is 14.2. The lowest BCUT2D eigenvalue weighted by Crippen LogP contribution is -2.49. The van der Waals surface area contributed by atoms with Gasteiger partial charge in [0.15, 0.2) is 5.65 Å². The van der Waals surface area contributed by atoms with E-state index in [-0.39, 0.29) is 11.6 Å². The molecule has 0 aromatic carbocycles. The van der Waals surface area contributed by atoms with Crippen LogP contribution in [-0.4, -0.2) is 56.8 Å². The van der Waals surface area contributed by atoms with E-state index in [9.17, 15) is 18.0 Å². The smallest absolute Gasteiger partial charge is 0.352 e. The van der Waals surface area contributed by atoms with Crippen molar-refractivity contribution in [2.24, 2.45) is 0 Å². The predicted molar refractivity (Wildman–Crippen MR) is 88.2 cm³/mol. The van der Waals surface area contributed by atoms with Crippen molar-refractivity contribution in [2.45, 2.75) is 6.18 Å². The number of nitrogens with zero attached hydrogens (tertiary/aromatic N) is 6. The van der Waals surface area contributed by atoms with Crippen LogP contribution in [0.25, 0.3) is 5.65 Å². The number of thiophene rings is 1. The summed E-state index contributed by atoms with van der Waals surface area (Å²) in [7, 11) is 0. The number of amides is 1. The number of rotatable bonds is 2. The first-order valence-electron chi connectivity index (χ1n) is 7.81. The van der Waals surface area contributed by atoms with E-state index in [2.05, 4.69) is 15.3 Å². The first kappa shape index (κ1) is 16.8. The molecule has 1 saturated heterocycles. The summed E-state index contributed by atoms with van der Waals surface area (Å²) in [6.45, 7) is 1.92. The van der Waals surface area contributed by atoms with Crippen molar-refractivity contribution in [1.29, 1.82) is 0 Å². The Hall–Kier alpha value is -2.69. The van der Waals surface area contributed by atoms with Gasteiger partial charge in [-0.3, -0.25) is 4.79 Å². The molecule has 26 heavy (non-hydrogen) atoms. The molecule has 0 unspecified atom stereocenters. The summed E-state index contributed by atoms with van der Waals surface area (Å²) in [6, 6.07) is 6.67. The molecule has 136 valence electrons. The van der Waals surface area contributed by atoms with Crippen molar-refractivity contribution >= 4 is 28.7 Å². The molecule has 0 aliphatic carbocycles. The van der Waals surface area contributed by atoms with Crippen LogP contribution in [0.5, 0.6) is 0 Å². The van der Waals surface area contributed by atoms with Crippen LogP contribution in [0.2, 0.25) is 0 Å². The number of hydrogen-bond acceptors (Lipinski definition) is 6. The van der Waals surface area contributed by atoms with Gasteiger partial charge < -0.3 is 9.80 Å². The second-order valence-electron chi connectivity index (χ2n) is 5.74. The van der Waals surface area contributed by atoms with Crippen LogP contribution in [-0.2, 0) is 6.18 Å². The molecule has 3 aromatic heterocycles. The average molecular weight is 382 g/mol. The van der Waals surface area contributed by atoms with Gasteiger partial charge in [0.05, 0.1) is 4.88 Å². The van der Waals surface area contributed by atoms with Gasteiger partial charge in [-0.15, -0.1) is 26.6 Å². The summed E-state index contributed by atoms with van der Waals surface area (Å²) in [4.78, 5) is 16.6. The number of fused-ring (bicyclic) bond motifs is 1. The fourth-order valence-corrected chi connectivity index (χ4v) is 3.51. The third-order valence-corrected chi connectivity index (χ3v) is 4.98. The predicted octanol–water partition coefficient (Wildman–Crippen LogP) is 2.17. The first-order chi connectivity index (χ1) is 12.4. The van der Waals surface area contributed by atoms with Crippen LogP contribution in [0, 0.1) is 0 Å². The largest absolute Gasteiger partial charge is 0.453 e. The molecule has 0 bridgehead atoms. The Balaban J connectivity index is 1.52. The quantitative estimate of drug-likeness (QED) is 0.680. The molecule has 0 spiro atoms. The van der Waals surface area contributed by atoms with E-state index in [0.29, 0.717) is 41.4 Å². The molecule has 4 heterocycles. The minimum Gasteiger partial charge on any atom is -0.352 e. The number of alkyl halides is 3. The van der Waals surface area contributed by atoms with Crippen LogP contribution in [0.1, 0.15) is 15.5 Å². The molecule has 1 fully saturated rings. The van der Waals surface area contributed by atoms with E-state index < -0.39 is 12.0 Å². The lowest BCUT2D eigenvalue weighted by atomic mass is 10.3. The van der Waals surface area contributed by atoms with Gasteiger partial charge in [0, 0.05) is 26.2 Å².